The molecule has 0 aliphatic carbocycles. The molecule has 126 valence electrons. The Balaban J connectivity index is 0.00000441. The summed E-state index contributed by atoms with van der Waals surface area (Å²) >= 11 is 0. The molecule has 0 aromatic heterocycles. The maximum atomic E-state index is 11.7. The molecule has 0 fully saturated rings. The Bertz CT molecular complexity index is 445. The molecule has 1 aromatic carbocycles. The molecule has 0 bridgehead atoms. The maximum absolute atomic E-state index is 11.7. The number of para-hydroxylation sites is 1. The molecule has 0 atom stereocenters. The molecule has 2 N–H and O–H groups in total. The molecule has 22 heavy (non-hydrogen) atoms. The predicted molar refractivity (Wildman–Crippen MR) is 94.1 cm³/mol. The van der Waals surface area contributed by atoms with Gasteiger partial charge in [0.25, 0.3) is 5.91 Å². The van der Waals surface area contributed by atoms with Crippen LogP contribution < -0.4 is 15.4 Å². The molecular weight excluding hydrogens is 300 g/mol. The van der Waals surface area contributed by atoms with Gasteiger partial charge in [-0.3, -0.25) is 4.79 Å². The smallest absolute Gasteiger partial charge is 0.257 e. The minimum absolute atomic E-state index is 0. The highest BCUT2D eigenvalue weighted by Gasteiger charge is 2.18. The summed E-state index contributed by atoms with van der Waals surface area (Å²) in [6.07, 6.45) is 1.10. The quantitative estimate of drug-likeness (QED) is 0.721. The Morgan fingerprint density at radius 3 is 2.45 bits per heavy atom. The van der Waals surface area contributed by atoms with Gasteiger partial charge in [0.2, 0.25) is 0 Å². The Hall–Kier alpha value is -1.26. The van der Waals surface area contributed by atoms with Crippen LogP contribution in [0.2, 0.25) is 0 Å². The van der Waals surface area contributed by atoms with Gasteiger partial charge in [0.1, 0.15) is 5.75 Å². The number of hydrogen-bond acceptors (Lipinski definition) is 3. The van der Waals surface area contributed by atoms with Gasteiger partial charge in [-0.05, 0) is 30.0 Å². The van der Waals surface area contributed by atoms with Crippen LogP contribution in [0.3, 0.4) is 0 Å². The van der Waals surface area contributed by atoms with Crippen LogP contribution in [0.25, 0.3) is 0 Å². The lowest BCUT2D eigenvalue weighted by Gasteiger charge is -2.22. The SMILES string of the molecule is CCCNCCNC(=O)COc1ccccc1C(C)(C)C.Cl. The molecule has 0 heterocycles. The number of halogens is 1. The first kappa shape index (κ1) is 20.7. The average molecular weight is 329 g/mol. The van der Waals surface area contributed by atoms with Crippen LogP contribution in [0.1, 0.15) is 39.7 Å². The Kier molecular flexibility index (Phi) is 9.86. The van der Waals surface area contributed by atoms with E-state index >= 15 is 0 Å². The summed E-state index contributed by atoms with van der Waals surface area (Å²) in [5.74, 6) is 0.696. The van der Waals surface area contributed by atoms with Crippen molar-refractivity contribution in [3.05, 3.63) is 29.8 Å². The fraction of sp³-hybridized carbons (Fsp3) is 0.588. The van der Waals surface area contributed by atoms with Crippen molar-refractivity contribution < 1.29 is 9.53 Å². The number of benzene rings is 1. The van der Waals surface area contributed by atoms with Gasteiger partial charge in [0.05, 0.1) is 0 Å². The van der Waals surface area contributed by atoms with Crippen LogP contribution in [0.5, 0.6) is 5.75 Å². The lowest BCUT2D eigenvalue weighted by Crippen LogP contribution is -2.35. The summed E-state index contributed by atoms with van der Waals surface area (Å²) in [7, 11) is 0. The van der Waals surface area contributed by atoms with E-state index in [2.05, 4.69) is 38.3 Å². The molecule has 0 unspecified atom stereocenters. The van der Waals surface area contributed by atoms with Crippen molar-refractivity contribution in [2.75, 3.05) is 26.2 Å². The van der Waals surface area contributed by atoms with Crippen molar-refractivity contribution in [1.29, 1.82) is 0 Å². The lowest BCUT2D eigenvalue weighted by atomic mass is 9.86. The van der Waals surface area contributed by atoms with E-state index in [1.54, 1.807) is 0 Å². The van der Waals surface area contributed by atoms with E-state index in [1.807, 2.05) is 24.3 Å². The first-order chi connectivity index (χ1) is 9.95. The molecule has 0 saturated heterocycles. The van der Waals surface area contributed by atoms with Crippen LogP contribution in [0.15, 0.2) is 24.3 Å². The number of nitrogens with one attached hydrogen (secondary N) is 2. The Labute approximate surface area is 140 Å². The summed E-state index contributed by atoms with van der Waals surface area (Å²) in [5, 5.41) is 6.08. The summed E-state index contributed by atoms with van der Waals surface area (Å²) in [4.78, 5) is 11.7. The number of rotatable bonds is 8. The zero-order valence-corrected chi connectivity index (χ0v) is 14.9. The van der Waals surface area contributed by atoms with Gasteiger partial charge in [-0.2, -0.15) is 0 Å². The van der Waals surface area contributed by atoms with Gasteiger partial charge >= 0.3 is 0 Å². The van der Waals surface area contributed by atoms with Crippen LogP contribution in [-0.4, -0.2) is 32.1 Å². The fourth-order valence-electron chi connectivity index (χ4n) is 2.00. The molecule has 0 saturated carbocycles. The highest BCUT2D eigenvalue weighted by molar-refractivity contribution is 5.85. The number of hydrogen-bond donors (Lipinski definition) is 2. The summed E-state index contributed by atoms with van der Waals surface area (Å²) < 4.78 is 5.67. The van der Waals surface area contributed by atoms with Gasteiger partial charge in [0.15, 0.2) is 6.61 Å². The van der Waals surface area contributed by atoms with Crippen molar-refractivity contribution in [2.24, 2.45) is 0 Å². The maximum Gasteiger partial charge on any atom is 0.257 e. The number of carbonyl (C=O) groups excluding carboxylic acids is 1. The molecule has 5 heteroatoms. The third-order valence-corrected chi connectivity index (χ3v) is 3.10. The third kappa shape index (κ3) is 7.66. The van der Waals surface area contributed by atoms with E-state index in [9.17, 15) is 4.79 Å². The predicted octanol–water partition coefficient (Wildman–Crippen LogP) is 2.90. The Morgan fingerprint density at radius 2 is 1.82 bits per heavy atom. The molecular formula is C17H29ClN2O2. The zero-order chi connectivity index (χ0) is 15.7. The number of amides is 1. The topological polar surface area (TPSA) is 50.4 Å². The second-order valence-corrected chi connectivity index (χ2v) is 6.13. The van der Waals surface area contributed by atoms with Crippen molar-refractivity contribution in [3.8, 4) is 5.75 Å². The van der Waals surface area contributed by atoms with Crippen LogP contribution in [0.4, 0.5) is 0 Å². The van der Waals surface area contributed by atoms with Gasteiger partial charge in [-0.25, -0.2) is 0 Å². The van der Waals surface area contributed by atoms with Crippen LogP contribution in [0, 0.1) is 0 Å². The van der Waals surface area contributed by atoms with Gasteiger partial charge < -0.3 is 15.4 Å². The van der Waals surface area contributed by atoms with E-state index in [0.29, 0.717) is 6.54 Å². The van der Waals surface area contributed by atoms with Crippen molar-refractivity contribution >= 4 is 18.3 Å². The monoisotopic (exact) mass is 328 g/mol. The molecule has 0 radical (unpaired) electrons. The molecule has 4 nitrogen and oxygen atoms in total. The third-order valence-electron chi connectivity index (χ3n) is 3.10. The van der Waals surface area contributed by atoms with E-state index in [1.165, 1.54) is 0 Å². The zero-order valence-electron chi connectivity index (χ0n) is 14.1. The molecule has 1 amide bonds. The molecule has 0 aliphatic rings. The van der Waals surface area contributed by atoms with Gasteiger partial charge in [0, 0.05) is 13.1 Å². The van der Waals surface area contributed by atoms with Crippen molar-refractivity contribution in [1.82, 2.24) is 10.6 Å². The molecule has 0 spiro atoms. The van der Waals surface area contributed by atoms with E-state index < -0.39 is 0 Å². The van der Waals surface area contributed by atoms with Crippen molar-refractivity contribution in [2.45, 2.75) is 39.5 Å². The first-order valence-corrected chi connectivity index (χ1v) is 7.65. The Morgan fingerprint density at radius 1 is 1.14 bits per heavy atom. The van der Waals surface area contributed by atoms with E-state index in [-0.39, 0.29) is 30.3 Å². The highest BCUT2D eigenvalue weighted by atomic mass is 35.5. The summed E-state index contributed by atoms with van der Waals surface area (Å²) in [6, 6.07) is 7.88. The number of carbonyl (C=O) groups is 1. The first-order valence-electron chi connectivity index (χ1n) is 7.65. The van der Waals surface area contributed by atoms with Gasteiger partial charge in [-0.15, -0.1) is 12.4 Å². The average Bonchev–Trinajstić information content (AvgIpc) is 2.44. The van der Waals surface area contributed by atoms with Crippen molar-refractivity contribution in [3.63, 3.8) is 0 Å². The summed E-state index contributed by atoms with van der Waals surface area (Å²) in [5.41, 5.74) is 1.11. The minimum Gasteiger partial charge on any atom is -0.483 e. The lowest BCUT2D eigenvalue weighted by molar-refractivity contribution is -0.123. The summed E-state index contributed by atoms with van der Waals surface area (Å²) in [6.45, 7) is 11.0. The number of ether oxygens (including phenoxy) is 1. The highest BCUT2D eigenvalue weighted by Crippen LogP contribution is 2.30. The molecule has 0 aliphatic heterocycles. The van der Waals surface area contributed by atoms with Crippen LogP contribution >= 0.6 is 12.4 Å². The van der Waals surface area contributed by atoms with E-state index in [0.717, 1.165) is 30.8 Å². The second kappa shape index (κ2) is 10.5. The largest absolute Gasteiger partial charge is 0.483 e. The fourth-order valence-corrected chi connectivity index (χ4v) is 2.00. The standard InChI is InChI=1S/C17H28N2O2.ClH/c1-5-10-18-11-12-19-16(20)13-21-15-9-7-6-8-14(15)17(2,3)4;/h6-9,18H,5,10-13H2,1-4H3,(H,19,20);1H. The van der Waals surface area contributed by atoms with Crippen LogP contribution in [-0.2, 0) is 10.2 Å². The van der Waals surface area contributed by atoms with Gasteiger partial charge in [-0.1, -0.05) is 45.9 Å². The van der Waals surface area contributed by atoms with E-state index in [4.69, 9.17) is 4.74 Å². The molecule has 1 rings (SSSR count). The normalized spacial score (nSPS) is 10.7. The second-order valence-electron chi connectivity index (χ2n) is 6.13. The minimum atomic E-state index is -0.0861. The molecule has 1 aromatic rings.